The molecule has 144 valence electrons. The molecule has 2 aromatic rings. The fourth-order valence-corrected chi connectivity index (χ4v) is 5.12. The molecule has 1 N–H and O–H groups in total. The number of benzene rings is 2. The molecule has 0 saturated carbocycles. The van der Waals surface area contributed by atoms with Gasteiger partial charge in [-0.1, -0.05) is 42.1 Å². The SMILES string of the molecule is Cc1ccc(NC(=O)c2ccc(Cl)c(S(=O)(=O)N3CCCCCC3)c2)cc1. The third-order valence-corrected chi connectivity index (χ3v) is 7.07. The van der Waals surface area contributed by atoms with Crippen molar-refractivity contribution in [2.24, 2.45) is 0 Å². The summed E-state index contributed by atoms with van der Waals surface area (Å²) in [6, 6.07) is 11.8. The topological polar surface area (TPSA) is 66.5 Å². The maximum Gasteiger partial charge on any atom is 0.255 e. The number of hydrogen-bond donors (Lipinski definition) is 1. The molecular formula is C20H23ClN2O3S. The number of amides is 1. The zero-order valence-corrected chi connectivity index (χ0v) is 16.8. The van der Waals surface area contributed by atoms with E-state index in [-0.39, 0.29) is 21.4 Å². The van der Waals surface area contributed by atoms with Crippen LogP contribution in [0.5, 0.6) is 0 Å². The molecule has 0 radical (unpaired) electrons. The number of halogens is 1. The van der Waals surface area contributed by atoms with Crippen LogP contribution < -0.4 is 5.32 Å². The van der Waals surface area contributed by atoms with Gasteiger partial charge in [0.1, 0.15) is 4.90 Å². The lowest BCUT2D eigenvalue weighted by Gasteiger charge is -2.21. The van der Waals surface area contributed by atoms with Crippen LogP contribution in [0.25, 0.3) is 0 Å². The van der Waals surface area contributed by atoms with Gasteiger partial charge in [0, 0.05) is 24.3 Å². The van der Waals surface area contributed by atoms with E-state index in [2.05, 4.69) is 5.32 Å². The van der Waals surface area contributed by atoms with E-state index in [1.165, 1.54) is 22.5 Å². The molecular weight excluding hydrogens is 384 g/mol. The van der Waals surface area contributed by atoms with Gasteiger partial charge in [-0.15, -0.1) is 0 Å². The first-order chi connectivity index (χ1) is 12.9. The summed E-state index contributed by atoms with van der Waals surface area (Å²) in [6.45, 7) is 2.93. The number of sulfonamides is 1. The fraction of sp³-hybridized carbons (Fsp3) is 0.350. The number of anilines is 1. The Labute approximate surface area is 165 Å². The van der Waals surface area contributed by atoms with Gasteiger partial charge >= 0.3 is 0 Å². The number of carbonyl (C=O) groups excluding carboxylic acids is 1. The van der Waals surface area contributed by atoms with Crippen LogP contribution in [-0.2, 0) is 10.0 Å². The molecule has 0 aromatic heterocycles. The van der Waals surface area contributed by atoms with Gasteiger partial charge in [-0.05, 0) is 50.1 Å². The molecule has 1 aliphatic heterocycles. The van der Waals surface area contributed by atoms with Gasteiger partial charge in [-0.3, -0.25) is 4.79 Å². The van der Waals surface area contributed by atoms with Crippen LogP contribution in [0, 0.1) is 6.92 Å². The number of hydrogen-bond acceptors (Lipinski definition) is 3. The van der Waals surface area contributed by atoms with Crippen molar-refractivity contribution in [1.82, 2.24) is 4.31 Å². The van der Waals surface area contributed by atoms with E-state index < -0.39 is 10.0 Å². The first kappa shape index (κ1) is 19.9. The van der Waals surface area contributed by atoms with E-state index in [9.17, 15) is 13.2 Å². The highest BCUT2D eigenvalue weighted by atomic mass is 35.5. The lowest BCUT2D eigenvalue weighted by atomic mass is 10.2. The Morgan fingerprint density at radius 2 is 1.63 bits per heavy atom. The molecule has 1 saturated heterocycles. The summed E-state index contributed by atoms with van der Waals surface area (Å²) in [7, 11) is -3.73. The van der Waals surface area contributed by atoms with Gasteiger partial charge in [0.25, 0.3) is 5.91 Å². The monoisotopic (exact) mass is 406 g/mol. The molecule has 0 atom stereocenters. The van der Waals surface area contributed by atoms with Crippen molar-refractivity contribution in [1.29, 1.82) is 0 Å². The summed E-state index contributed by atoms with van der Waals surface area (Å²) in [5, 5.41) is 2.91. The highest BCUT2D eigenvalue weighted by molar-refractivity contribution is 7.89. The van der Waals surface area contributed by atoms with Crippen LogP contribution in [0.15, 0.2) is 47.4 Å². The van der Waals surface area contributed by atoms with Crippen LogP contribution in [-0.4, -0.2) is 31.7 Å². The summed E-state index contributed by atoms with van der Waals surface area (Å²) in [4.78, 5) is 12.5. The predicted molar refractivity (Wildman–Crippen MR) is 108 cm³/mol. The molecule has 3 rings (SSSR count). The third-order valence-electron chi connectivity index (χ3n) is 4.69. The lowest BCUT2D eigenvalue weighted by molar-refractivity contribution is 0.102. The van der Waals surface area contributed by atoms with E-state index in [1.807, 2.05) is 19.1 Å². The Morgan fingerprint density at radius 1 is 1.00 bits per heavy atom. The maximum absolute atomic E-state index is 13.0. The van der Waals surface area contributed by atoms with Gasteiger partial charge in [-0.25, -0.2) is 8.42 Å². The second-order valence-corrected chi connectivity index (χ2v) is 9.10. The summed E-state index contributed by atoms with van der Waals surface area (Å²) in [5.41, 5.74) is 2.00. The molecule has 1 heterocycles. The van der Waals surface area contributed by atoms with Gasteiger partial charge in [0.05, 0.1) is 5.02 Å². The standard InChI is InChI=1S/C20H23ClN2O3S/c1-15-6-9-17(10-7-15)22-20(24)16-8-11-18(21)19(14-16)27(25,26)23-12-4-2-3-5-13-23/h6-11,14H,2-5,12-13H2,1H3,(H,22,24). The number of carbonyl (C=O) groups is 1. The largest absolute Gasteiger partial charge is 0.322 e. The van der Waals surface area contributed by atoms with E-state index in [1.54, 1.807) is 12.1 Å². The van der Waals surface area contributed by atoms with E-state index in [0.717, 1.165) is 31.2 Å². The van der Waals surface area contributed by atoms with Crippen molar-refractivity contribution in [2.45, 2.75) is 37.5 Å². The van der Waals surface area contributed by atoms with Crippen molar-refractivity contribution in [3.05, 3.63) is 58.6 Å². The summed E-state index contributed by atoms with van der Waals surface area (Å²) >= 11 is 6.19. The molecule has 5 nitrogen and oxygen atoms in total. The van der Waals surface area contributed by atoms with Crippen LogP contribution in [0.2, 0.25) is 5.02 Å². The zero-order chi connectivity index (χ0) is 19.4. The summed E-state index contributed by atoms with van der Waals surface area (Å²) < 4.78 is 27.6. The molecule has 2 aromatic carbocycles. The van der Waals surface area contributed by atoms with Gasteiger partial charge in [0.15, 0.2) is 0 Å². The van der Waals surface area contributed by atoms with Crippen LogP contribution >= 0.6 is 11.6 Å². The average Bonchev–Trinajstić information content (AvgIpc) is 2.94. The normalized spacial score (nSPS) is 15.9. The number of nitrogens with zero attached hydrogens (tertiary/aromatic N) is 1. The fourth-order valence-electron chi connectivity index (χ4n) is 3.10. The summed E-state index contributed by atoms with van der Waals surface area (Å²) in [5.74, 6) is -0.372. The smallest absolute Gasteiger partial charge is 0.255 e. The highest BCUT2D eigenvalue weighted by Gasteiger charge is 2.28. The molecule has 0 spiro atoms. The first-order valence-electron chi connectivity index (χ1n) is 9.05. The van der Waals surface area contributed by atoms with Crippen LogP contribution in [0.3, 0.4) is 0 Å². The second-order valence-electron chi connectivity index (χ2n) is 6.78. The Hall–Kier alpha value is -1.89. The summed E-state index contributed by atoms with van der Waals surface area (Å²) in [6.07, 6.45) is 3.73. The Morgan fingerprint density at radius 3 is 2.26 bits per heavy atom. The quantitative estimate of drug-likeness (QED) is 0.814. The average molecular weight is 407 g/mol. The molecule has 27 heavy (non-hydrogen) atoms. The minimum absolute atomic E-state index is 0.0115. The molecule has 7 heteroatoms. The van der Waals surface area contributed by atoms with Gasteiger partial charge < -0.3 is 5.32 Å². The van der Waals surface area contributed by atoms with Gasteiger partial charge in [-0.2, -0.15) is 4.31 Å². The Bertz CT molecular complexity index is 919. The van der Waals surface area contributed by atoms with Crippen molar-refractivity contribution >= 4 is 33.2 Å². The molecule has 0 aliphatic carbocycles. The molecule has 0 unspecified atom stereocenters. The van der Waals surface area contributed by atoms with Crippen molar-refractivity contribution in [3.63, 3.8) is 0 Å². The predicted octanol–water partition coefficient (Wildman–Crippen LogP) is 4.47. The Balaban J connectivity index is 1.87. The minimum atomic E-state index is -3.73. The van der Waals surface area contributed by atoms with Gasteiger partial charge in [0.2, 0.25) is 10.0 Å². The number of nitrogens with one attached hydrogen (secondary N) is 1. The van der Waals surface area contributed by atoms with Crippen molar-refractivity contribution < 1.29 is 13.2 Å². The van der Waals surface area contributed by atoms with Crippen molar-refractivity contribution in [2.75, 3.05) is 18.4 Å². The first-order valence-corrected chi connectivity index (χ1v) is 10.9. The molecule has 1 amide bonds. The minimum Gasteiger partial charge on any atom is -0.322 e. The van der Waals surface area contributed by atoms with Crippen LogP contribution in [0.4, 0.5) is 5.69 Å². The third kappa shape index (κ3) is 4.69. The highest BCUT2D eigenvalue weighted by Crippen LogP contribution is 2.28. The molecule has 0 bridgehead atoms. The molecule has 1 fully saturated rings. The molecule has 1 aliphatic rings. The zero-order valence-electron chi connectivity index (χ0n) is 15.2. The maximum atomic E-state index is 13.0. The van der Waals surface area contributed by atoms with E-state index >= 15 is 0 Å². The lowest BCUT2D eigenvalue weighted by Crippen LogP contribution is -2.32. The Kier molecular flexibility index (Phi) is 6.19. The van der Waals surface area contributed by atoms with E-state index in [0.29, 0.717) is 18.8 Å². The number of rotatable bonds is 4. The van der Waals surface area contributed by atoms with E-state index in [4.69, 9.17) is 11.6 Å². The van der Waals surface area contributed by atoms with Crippen LogP contribution in [0.1, 0.15) is 41.6 Å². The van der Waals surface area contributed by atoms with Crippen molar-refractivity contribution in [3.8, 4) is 0 Å². The number of aryl methyl sites for hydroxylation is 1. The second kappa shape index (κ2) is 8.42.